The van der Waals surface area contributed by atoms with Crippen molar-refractivity contribution in [3.8, 4) is 11.5 Å². The van der Waals surface area contributed by atoms with Crippen LogP contribution in [0.5, 0.6) is 11.5 Å². The number of ether oxygens (including phenoxy) is 2. The summed E-state index contributed by atoms with van der Waals surface area (Å²) >= 11 is 0. The second-order valence-electron chi connectivity index (χ2n) is 6.29. The van der Waals surface area contributed by atoms with Crippen LogP contribution in [0.25, 0.3) is 0 Å². The molecule has 0 aliphatic carbocycles. The number of fused-ring (bicyclic) bond motifs is 1. The van der Waals surface area contributed by atoms with Crippen LogP contribution in [-0.2, 0) is 6.54 Å². The number of carbonyl (C=O) groups is 2. The van der Waals surface area contributed by atoms with Gasteiger partial charge < -0.3 is 20.1 Å². The standard InChI is InChI=1S/C21H18N4O4/c26-20(25-16-3-4-18-19(11-16)29-9-8-28-18)15-5-7-23-17(10-15)21(27)24-13-14-2-1-6-22-12-14/h1-7,10-12H,8-9,13H2,(H,24,27)(H,25,26). The van der Waals surface area contributed by atoms with Crippen molar-refractivity contribution in [1.82, 2.24) is 15.3 Å². The van der Waals surface area contributed by atoms with Crippen LogP contribution in [0.3, 0.4) is 0 Å². The fraction of sp³-hybridized carbons (Fsp3) is 0.143. The predicted molar refractivity (Wildman–Crippen MR) is 105 cm³/mol. The zero-order valence-corrected chi connectivity index (χ0v) is 15.4. The van der Waals surface area contributed by atoms with E-state index in [1.165, 1.54) is 12.3 Å². The molecular weight excluding hydrogens is 372 g/mol. The first-order chi connectivity index (χ1) is 14.2. The molecule has 0 unspecified atom stereocenters. The highest BCUT2D eigenvalue weighted by Gasteiger charge is 2.15. The summed E-state index contributed by atoms with van der Waals surface area (Å²) in [6.45, 7) is 1.29. The zero-order chi connectivity index (χ0) is 20.1. The largest absolute Gasteiger partial charge is 0.486 e. The third-order valence-electron chi connectivity index (χ3n) is 4.23. The van der Waals surface area contributed by atoms with Crippen molar-refractivity contribution >= 4 is 17.5 Å². The molecule has 0 bridgehead atoms. The number of nitrogens with zero attached hydrogens (tertiary/aromatic N) is 2. The monoisotopic (exact) mass is 390 g/mol. The lowest BCUT2D eigenvalue weighted by Gasteiger charge is -2.19. The molecule has 1 aliphatic heterocycles. The Morgan fingerprint density at radius 1 is 0.966 bits per heavy atom. The van der Waals surface area contributed by atoms with Crippen molar-refractivity contribution in [3.05, 3.63) is 77.9 Å². The molecule has 2 N–H and O–H groups in total. The van der Waals surface area contributed by atoms with E-state index in [-0.39, 0.29) is 17.5 Å². The van der Waals surface area contributed by atoms with E-state index in [0.717, 1.165) is 5.56 Å². The number of nitrogens with one attached hydrogen (secondary N) is 2. The average Bonchev–Trinajstić information content (AvgIpc) is 2.78. The minimum absolute atomic E-state index is 0.156. The molecule has 2 amide bonds. The van der Waals surface area contributed by atoms with Gasteiger partial charge in [-0.05, 0) is 35.9 Å². The molecular formula is C21H18N4O4. The van der Waals surface area contributed by atoms with Crippen LogP contribution in [0, 0.1) is 0 Å². The molecule has 8 heteroatoms. The number of rotatable bonds is 5. The van der Waals surface area contributed by atoms with E-state index in [9.17, 15) is 9.59 Å². The normalized spacial score (nSPS) is 12.1. The third kappa shape index (κ3) is 4.49. The van der Waals surface area contributed by atoms with E-state index in [1.54, 1.807) is 42.7 Å². The Labute approximate surface area is 166 Å². The fourth-order valence-electron chi connectivity index (χ4n) is 2.80. The number of hydrogen-bond donors (Lipinski definition) is 2. The van der Waals surface area contributed by atoms with Gasteiger partial charge in [0.25, 0.3) is 11.8 Å². The lowest BCUT2D eigenvalue weighted by molar-refractivity contribution is 0.0946. The lowest BCUT2D eigenvalue weighted by Crippen LogP contribution is -2.24. The highest BCUT2D eigenvalue weighted by Crippen LogP contribution is 2.32. The quantitative estimate of drug-likeness (QED) is 0.694. The van der Waals surface area contributed by atoms with E-state index in [0.29, 0.717) is 42.5 Å². The van der Waals surface area contributed by atoms with Gasteiger partial charge in [0.2, 0.25) is 0 Å². The van der Waals surface area contributed by atoms with Crippen molar-refractivity contribution in [2.75, 3.05) is 18.5 Å². The number of hydrogen-bond acceptors (Lipinski definition) is 6. The van der Waals surface area contributed by atoms with Gasteiger partial charge in [0.1, 0.15) is 18.9 Å². The van der Waals surface area contributed by atoms with Crippen LogP contribution in [0.15, 0.2) is 61.1 Å². The minimum Gasteiger partial charge on any atom is -0.486 e. The highest BCUT2D eigenvalue weighted by molar-refractivity contribution is 6.05. The third-order valence-corrected chi connectivity index (χ3v) is 4.23. The number of amides is 2. The Bertz CT molecular complexity index is 1040. The molecule has 3 aromatic rings. The van der Waals surface area contributed by atoms with Crippen LogP contribution in [0.1, 0.15) is 26.4 Å². The van der Waals surface area contributed by atoms with Gasteiger partial charge in [0, 0.05) is 42.5 Å². The van der Waals surface area contributed by atoms with Crippen molar-refractivity contribution in [2.45, 2.75) is 6.54 Å². The van der Waals surface area contributed by atoms with E-state index in [1.807, 2.05) is 6.07 Å². The second kappa shape index (κ2) is 8.39. The number of carbonyl (C=O) groups excluding carboxylic acids is 2. The van der Waals surface area contributed by atoms with E-state index >= 15 is 0 Å². The summed E-state index contributed by atoms with van der Waals surface area (Å²) < 4.78 is 11.0. The van der Waals surface area contributed by atoms with Gasteiger partial charge in [-0.25, -0.2) is 0 Å². The summed E-state index contributed by atoms with van der Waals surface area (Å²) in [6, 6.07) is 11.8. The molecule has 1 aromatic carbocycles. The highest BCUT2D eigenvalue weighted by atomic mass is 16.6. The molecule has 3 heterocycles. The van der Waals surface area contributed by atoms with Crippen LogP contribution < -0.4 is 20.1 Å². The van der Waals surface area contributed by atoms with Crippen molar-refractivity contribution in [1.29, 1.82) is 0 Å². The predicted octanol–water partition coefficient (Wildman–Crippen LogP) is 2.43. The average molecular weight is 390 g/mol. The molecule has 2 aromatic heterocycles. The van der Waals surface area contributed by atoms with Gasteiger partial charge >= 0.3 is 0 Å². The van der Waals surface area contributed by atoms with Gasteiger partial charge in [-0.15, -0.1) is 0 Å². The molecule has 0 spiro atoms. The Hall–Kier alpha value is -3.94. The molecule has 0 fully saturated rings. The Kier molecular flexibility index (Phi) is 5.33. The molecule has 4 rings (SSSR count). The molecule has 29 heavy (non-hydrogen) atoms. The van der Waals surface area contributed by atoms with E-state index in [2.05, 4.69) is 20.6 Å². The van der Waals surface area contributed by atoms with Crippen molar-refractivity contribution in [2.24, 2.45) is 0 Å². The summed E-state index contributed by atoms with van der Waals surface area (Å²) in [4.78, 5) is 33.0. The zero-order valence-electron chi connectivity index (χ0n) is 15.4. The van der Waals surface area contributed by atoms with Gasteiger partial charge in [-0.2, -0.15) is 0 Å². The number of anilines is 1. The maximum absolute atomic E-state index is 12.6. The maximum Gasteiger partial charge on any atom is 0.270 e. The Morgan fingerprint density at radius 2 is 1.83 bits per heavy atom. The SMILES string of the molecule is O=C(Nc1ccc2c(c1)OCCO2)c1ccnc(C(=O)NCc2cccnc2)c1. The second-order valence-corrected chi connectivity index (χ2v) is 6.29. The van der Waals surface area contributed by atoms with Crippen molar-refractivity contribution in [3.63, 3.8) is 0 Å². The van der Waals surface area contributed by atoms with E-state index < -0.39 is 0 Å². The summed E-state index contributed by atoms with van der Waals surface area (Å²) in [5.74, 6) is 0.498. The number of pyridine rings is 2. The summed E-state index contributed by atoms with van der Waals surface area (Å²) in [6.07, 6.45) is 4.76. The summed E-state index contributed by atoms with van der Waals surface area (Å²) in [7, 11) is 0. The molecule has 146 valence electrons. The molecule has 0 saturated carbocycles. The van der Waals surface area contributed by atoms with Crippen LogP contribution in [0.4, 0.5) is 5.69 Å². The van der Waals surface area contributed by atoms with Gasteiger partial charge in [-0.3, -0.25) is 19.6 Å². The molecule has 1 aliphatic rings. The lowest BCUT2D eigenvalue weighted by atomic mass is 10.2. The molecule has 0 radical (unpaired) electrons. The van der Waals surface area contributed by atoms with Crippen LogP contribution >= 0.6 is 0 Å². The number of benzene rings is 1. The van der Waals surface area contributed by atoms with Gasteiger partial charge in [-0.1, -0.05) is 6.07 Å². The van der Waals surface area contributed by atoms with Gasteiger partial charge in [0.15, 0.2) is 11.5 Å². The Balaban J connectivity index is 1.42. The van der Waals surface area contributed by atoms with Crippen molar-refractivity contribution < 1.29 is 19.1 Å². The first-order valence-corrected chi connectivity index (χ1v) is 9.03. The molecule has 8 nitrogen and oxygen atoms in total. The van der Waals surface area contributed by atoms with E-state index in [4.69, 9.17) is 9.47 Å². The summed E-state index contributed by atoms with van der Waals surface area (Å²) in [5, 5.41) is 5.55. The first kappa shape index (κ1) is 18.4. The van der Waals surface area contributed by atoms with Gasteiger partial charge in [0.05, 0.1) is 0 Å². The fourth-order valence-corrected chi connectivity index (χ4v) is 2.80. The maximum atomic E-state index is 12.6. The molecule has 0 saturated heterocycles. The minimum atomic E-state index is -0.372. The first-order valence-electron chi connectivity index (χ1n) is 9.03. The topological polar surface area (TPSA) is 102 Å². The Morgan fingerprint density at radius 3 is 2.66 bits per heavy atom. The number of aromatic nitrogens is 2. The summed E-state index contributed by atoms with van der Waals surface area (Å²) in [5.41, 5.74) is 1.91. The van der Waals surface area contributed by atoms with Crippen LogP contribution in [0.2, 0.25) is 0 Å². The smallest absolute Gasteiger partial charge is 0.270 e. The van der Waals surface area contributed by atoms with Crippen LogP contribution in [-0.4, -0.2) is 35.0 Å². The molecule has 0 atom stereocenters.